The van der Waals surface area contributed by atoms with E-state index >= 15 is 0 Å². The summed E-state index contributed by atoms with van der Waals surface area (Å²) in [5.41, 5.74) is 5.21. The molecule has 0 amide bonds. The molecule has 1 saturated carbocycles. The second-order valence-electron chi connectivity index (χ2n) is 2.79. The second-order valence-corrected chi connectivity index (χ2v) is 2.79. The monoisotopic (exact) mass is 137 g/mol. The molecule has 1 rings (SSSR count). The zero-order chi connectivity index (χ0) is 7.61. The Hall–Kier alpha value is -0.810. The maximum atomic E-state index is 11.1. The molecular formula is C8H11NO. The van der Waals surface area contributed by atoms with Crippen molar-refractivity contribution in [2.45, 2.75) is 19.3 Å². The number of ketones is 1. The minimum absolute atomic E-state index is 0.150. The average Bonchev–Trinajstić information content (AvgIpc) is 2.68. The quantitative estimate of drug-likeness (QED) is 0.569. The van der Waals surface area contributed by atoms with Gasteiger partial charge in [-0.1, -0.05) is 5.92 Å². The second kappa shape index (κ2) is 2.43. The van der Waals surface area contributed by atoms with Gasteiger partial charge in [0.25, 0.3) is 0 Å². The fourth-order valence-corrected chi connectivity index (χ4v) is 1.03. The van der Waals surface area contributed by atoms with E-state index in [2.05, 4.69) is 5.92 Å². The van der Waals surface area contributed by atoms with Crippen LogP contribution in [0.25, 0.3) is 0 Å². The number of rotatable bonds is 3. The summed E-state index contributed by atoms with van der Waals surface area (Å²) in [4.78, 5) is 11.1. The van der Waals surface area contributed by atoms with Crippen molar-refractivity contribution in [1.82, 2.24) is 0 Å². The normalized spacial score (nSPS) is 19.6. The van der Waals surface area contributed by atoms with Gasteiger partial charge in [-0.2, -0.15) is 0 Å². The fourth-order valence-electron chi connectivity index (χ4n) is 1.03. The molecule has 54 valence electrons. The first kappa shape index (κ1) is 7.30. The number of nitrogens with two attached hydrogens (primary N) is 1. The van der Waals surface area contributed by atoms with E-state index in [1.165, 1.54) is 0 Å². The molecule has 0 unspecified atom stereocenters. The molecule has 0 spiro atoms. The van der Waals surface area contributed by atoms with Gasteiger partial charge in [0.2, 0.25) is 0 Å². The lowest BCUT2D eigenvalue weighted by molar-refractivity contribution is -0.122. The van der Waals surface area contributed by atoms with E-state index in [9.17, 15) is 4.79 Å². The van der Waals surface area contributed by atoms with Crippen LogP contribution < -0.4 is 5.73 Å². The number of terminal acetylenes is 1. The van der Waals surface area contributed by atoms with Crippen molar-refractivity contribution in [3.05, 3.63) is 0 Å². The molecule has 2 N–H and O–H groups in total. The molecule has 1 aliphatic carbocycles. The van der Waals surface area contributed by atoms with Gasteiger partial charge in [-0.15, -0.1) is 6.42 Å². The van der Waals surface area contributed by atoms with Crippen molar-refractivity contribution < 1.29 is 4.79 Å². The van der Waals surface area contributed by atoms with E-state index in [-0.39, 0.29) is 17.6 Å². The molecular weight excluding hydrogens is 126 g/mol. The Morgan fingerprint density at radius 1 is 1.70 bits per heavy atom. The van der Waals surface area contributed by atoms with E-state index in [4.69, 9.17) is 12.2 Å². The zero-order valence-electron chi connectivity index (χ0n) is 5.89. The van der Waals surface area contributed by atoms with Gasteiger partial charge in [0.05, 0.1) is 6.42 Å². The lowest BCUT2D eigenvalue weighted by atomic mass is 9.99. The molecule has 0 aliphatic heterocycles. The first-order valence-electron chi connectivity index (χ1n) is 3.42. The standard InChI is InChI=1S/C8H11NO/c1-2-3-7(10)8(6-9)4-5-8/h1H,3-6,9H2. The summed E-state index contributed by atoms with van der Waals surface area (Å²) in [6, 6.07) is 0. The van der Waals surface area contributed by atoms with Gasteiger partial charge < -0.3 is 5.73 Å². The maximum absolute atomic E-state index is 11.1. The molecule has 0 aromatic heterocycles. The van der Waals surface area contributed by atoms with Crippen LogP contribution in [0, 0.1) is 17.8 Å². The van der Waals surface area contributed by atoms with Gasteiger partial charge in [-0.3, -0.25) is 4.79 Å². The third-order valence-electron chi connectivity index (χ3n) is 2.10. The summed E-state index contributed by atoms with van der Waals surface area (Å²) >= 11 is 0. The minimum atomic E-state index is -0.202. The number of carbonyl (C=O) groups excluding carboxylic acids is 1. The highest BCUT2D eigenvalue weighted by Gasteiger charge is 2.47. The Morgan fingerprint density at radius 3 is 2.60 bits per heavy atom. The van der Waals surface area contributed by atoms with Crippen LogP contribution in [0.15, 0.2) is 0 Å². The van der Waals surface area contributed by atoms with E-state index in [0.29, 0.717) is 6.54 Å². The van der Waals surface area contributed by atoms with Gasteiger partial charge in [-0.05, 0) is 12.8 Å². The van der Waals surface area contributed by atoms with Crippen molar-refractivity contribution in [2.75, 3.05) is 6.54 Å². The predicted octanol–water partition coefficient (Wildman–Crippen LogP) is 0.318. The van der Waals surface area contributed by atoms with Crippen LogP contribution in [0.2, 0.25) is 0 Å². The molecule has 10 heavy (non-hydrogen) atoms. The van der Waals surface area contributed by atoms with Gasteiger partial charge in [0.15, 0.2) is 5.78 Å². The highest BCUT2D eigenvalue weighted by molar-refractivity contribution is 5.89. The summed E-state index contributed by atoms with van der Waals surface area (Å²) in [7, 11) is 0. The van der Waals surface area contributed by atoms with Gasteiger partial charge in [0, 0.05) is 12.0 Å². The van der Waals surface area contributed by atoms with Crippen LogP contribution in [-0.2, 0) is 4.79 Å². The van der Waals surface area contributed by atoms with E-state index < -0.39 is 0 Å². The van der Waals surface area contributed by atoms with Crippen LogP contribution in [0.3, 0.4) is 0 Å². The topological polar surface area (TPSA) is 43.1 Å². The van der Waals surface area contributed by atoms with Gasteiger partial charge >= 0.3 is 0 Å². The van der Waals surface area contributed by atoms with Gasteiger partial charge in [0.1, 0.15) is 0 Å². The van der Waals surface area contributed by atoms with Crippen molar-refractivity contribution >= 4 is 5.78 Å². The Balaban J connectivity index is 2.50. The summed E-state index contributed by atoms with van der Waals surface area (Å²) in [5.74, 6) is 2.49. The largest absolute Gasteiger partial charge is 0.329 e. The van der Waals surface area contributed by atoms with Crippen LogP contribution in [-0.4, -0.2) is 12.3 Å². The Bertz CT molecular complexity index is 186. The molecule has 2 nitrogen and oxygen atoms in total. The van der Waals surface area contributed by atoms with Gasteiger partial charge in [-0.25, -0.2) is 0 Å². The lowest BCUT2D eigenvalue weighted by Crippen LogP contribution is -2.24. The van der Waals surface area contributed by atoms with Crippen molar-refractivity contribution in [3.8, 4) is 12.3 Å². The summed E-state index contributed by atoms with van der Waals surface area (Å²) in [6.07, 6.45) is 7.11. The fraction of sp³-hybridized carbons (Fsp3) is 0.625. The molecule has 1 aliphatic rings. The first-order chi connectivity index (χ1) is 4.75. The van der Waals surface area contributed by atoms with Crippen LogP contribution in [0.5, 0.6) is 0 Å². The molecule has 0 bridgehead atoms. The Kier molecular flexibility index (Phi) is 1.78. The predicted molar refractivity (Wildman–Crippen MR) is 39.2 cm³/mol. The number of Topliss-reactive ketones (excluding diaryl/α,β-unsaturated/α-hetero) is 1. The van der Waals surface area contributed by atoms with Crippen LogP contribution in [0.4, 0.5) is 0 Å². The number of carbonyl (C=O) groups is 1. The number of hydrogen-bond donors (Lipinski definition) is 1. The Morgan fingerprint density at radius 2 is 2.30 bits per heavy atom. The van der Waals surface area contributed by atoms with Crippen molar-refractivity contribution in [3.63, 3.8) is 0 Å². The van der Waals surface area contributed by atoms with Crippen LogP contribution in [0.1, 0.15) is 19.3 Å². The SMILES string of the molecule is C#CCC(=O)C1(CN)CC1. The van der Waals surface area contributed by atoms with Crippen molar-refractivity contribution in [1.29, 1.82) is 0 Å². The first-order valence-corrected chi connectivity index (χ1v) is 3.42. The molecule has 2 heteroatoms. The molecule has 0 heterocycles. The van der Waals surface area contributed by atoms with Crippen molar-refractivity contribution in [2.24, 2.45) is 11.1 Å². The molecule has 0 aromatic carbocycles. The van der Waals surface area contributed by atoms with E-state index in [0.717, 1.165) is 12.8 Å². The molecule has 1 fully saturated rings. The maximum Gasteiger partial charge on any atom is 0.152 e. The zero-order valence-corrected chi connectivity index (χ0v) is 5.89. The highest BCUT2D eigenvalue weighted by atomic mass is 16.1. The third-order valence-corrected chi connectivity index (χ3v) is 2.10. The number of hydrogen-bond acceptors (Lipinski definition) is 2. The van der Waals surface area contributed by atoms with E-state index in [1.807, 2.05) is 0 Å². The molecule has 0 aromatic rings. The average molecular weight is 137 g/mol. The summed E-state index contributed by atoms with van der Waals surface area (Å²) in [6.45, 7) is 0.466. The third kappa shape index (κ3) is 1.05. The van der Waals surface area contributed by atoms with E-state index in [1.54, 1.807) is 0 Å². The Labute approximate surface area is 60.8 Å². The smallest absolute Gasteiger partial charge is 0.152 e. The summed E-state index contributed by atoms with van der Waals surface area (Å²) < 4.78 is 0. The summed E-state index contributed by atoms with van der Waals surface area (Å²) in [5, 5.41) is 0. The molecule has 0 radical (unpaired) electrons. The molecule has 0 saturated heterocycles. The van der Waals surface area contributed by atoms with Crippen LogP contribution >= 0.6 is 0 Å². The lowest BCUT2D eigenvalue weighted by Gasteiger charge is -2.06. The molecule has 0 atom stereocenters. The minimum Gasteiger partial charge on any atom is -0.329 e. The highest BCUT2D eigenvalue weighted by Crippen LogP contribution is 2.45.